The molecular formula is C12H11N3O2. The zero-order valence-corrected chi connectivity index (χ0v) is 9.23. The lowest BCUT2D eigenvalue weighted by molar-refractivity contribution is 0.102. The number of anilines is 1. The highest BCUT2D eigenvalue weighted by molar-refractivity contribution is 6.03. The van der Waals surface area contributed by atoms with Crippen LogP contribution >= 0.6 is 0 Å². The van der Waals surface area contributed by atoms with E-state index in [9.17, 15) is 9.59 Å². The van der Waals surface area contributed by atoms with Crippen LogP contribution < -0.4 is 10.9 Å². The second kappa shape index (κ2) is 4.61. The van der Waals surface area contributed by atoms with Crippen molar-refractivity contribution in [2.75, 3.05) is 5.32 Å². The molecule has 0 fully saturated rings. The van der Waals surface area contributed by atoms with Gasteiger partial charge in [-0.2, -0.15) is 0 Å². The standard InChI is InChI=1S/C12H11N3O2/c1-8-2-3-10(14-7-8)15-12(17)9-4-5-13-11(16)6-9/h2-7H,1H3,(H,13,16)(H,14,15,17). The van der Waals surface area contributed by atoms with Gasteiger partial charge in [0.15, 0.2) is 0 Å². The molecule has 0 aliphatic carbocycles. The Labute approximate surface area is 97.5 Å². The lowest BCUT2D eigenvalue weighted by atomic mass is 10.2. The van der Waals surface area contributed by atoms with Crippen molar-refractivity contribution >= 4 is 11.7 Å². The number of rotatable bonds is 2. The number of nitrogens with one attached hydrogen (secondary N) is 2. The second-order valence-electron chi connectivity index (χ2n) is 3.62. The molecule has 2 rings (SSSR count). The molecule has 2 heterocycles. The van der Waals surface area contributed by atoms with Gasteiger partial charge in [0.25, 0.3) is 5.91 Å². The first-order valence-corrected chi connectivity index (χ1v) is 5.08. The highest BCUT2D eigenvalue weighted by Gasteiger charge is 2.06. The number of pyridine rings is 2. The lowest BCUT2D eigenvalue weighted by Crippen LogP contribution is -2.16. The molecule has 0 aliphatic heterocycles. The minimum Gasteiger partial charge on any atom is -0.329 e. The molecule has 0 radical (unpaired) electrons. The average Bonchev–Trinajstić information content (AvgIpc) is 2.32. The van der Waals surface area contributed by atoms with Crippen molar-refractivity contribution in [3.63, 3.8) is 0 Å². The molecule has 2 N–H and O–H groups in total. The monoisotopic (exact) mass is 229 g/mol. The molecule has 0 saturated heterocycles. The third-order valence-electron chi connectivity index (χ3n) is 2.19. The van der Waals surface area contributed by atoms with Gasteiger partial charge in [0, 0.05) is 24.0 Å². The minimum absolute atomic E-state index is 0.302. The van der Waals surface area contributed by atoms with Crippen molar-refractivity contribution in [2.45, 2.75) is 6.92 Å². The SMILES string of the molecule is Cc1ccc(NC(=O)c2cc[nH]c(=O)c2)nc1. The Bertz CT molecular complexity index is 587. The Balaban J connectivity index is 2.17. The number of amides is 1. The maximum absolute atomic E-state index is 11.7. The molecule has 0 atom stereocenters. The van der Waals surface area contributed by atoms with E-state index in [-0.39, 0.29) is 11.5 Å². The van der Waals surface area contributed by atoms with Crippen LogP contribution in [0.2, 0.25) is 0 Å². The third kappa shape index (κ3) is 2.78. The van der Waals surface area contributed by atoms with Crippen molar-refractivity contribution in [1.29, 1.82) is 0 Å². The summed E-state index contributed by atoms with van der Waals surface area (Å²) in [5, 5.41) is 2.61. The number of aryl methyl sites for hydroxylation is 1. The van der Waals surface area contributed by atoms with Crippen LogP contribution in [0.15, 0.2) is 41.5 Å². The second-order valence-corrected chi connectivity index (χ2v) is 3.62. The molecule has 0 bridgehead atoms. The molecule has 0 aliphatic rings. The highest BCUT2D eigenvalue weighted by atomic mass is 16.2. The van der Waals surface area contributed by atoms with Gasteiger partial charge in [0.2, 0.25) is 5.56 Å². The van der Waals surface area contributed by atoms with Crippen LogP contribution in [0.5, 0.6) is 0 Å². The van der Waals surface area contributed by atoms with E-state index in [1.54, 1.807) is 12.3 Å². The number of aromatic amines is 1. The van der Waals surface area contributed by atoms with Gasteiger partial charge in [-0.25, -0.2) is 4.98 Å². The zero-order chi connectivity index (χ0) is 12.3. The summed E-state index contributed by atoms with van der Waals surface area (Å²) >= 11 is 0. The molecule has 2 aromatic heterocycles. The van der Waals surface area contributed by atoms with Crippen LogP contribution in [-0.4, -0.2) is 15.9 Å². The van der Waals surface area contributed by atoms with Crippen LogP contribution in [0.1, 0.15) is 15.9 Å². The number of hydrogen-bond acceptors (Lipinski definition) is 3. The summed E-state index contributed by atoms with van der Waals surface area (Å²) in [4.78, 5) is 29.3. The third-order valence-corrected chi connectivity index (χ3v) is 2.19. The predicted octanol–water partition coefficient (Wildman–Crippen LogP) is 1.33. The number of hydrogen-bond donors (Lipinski definition) is 2. The molecule has 0 saturated carbocycles. The quantitative estimate of drug-likeness (QED) is 0.815. The number of nitrogens with zero attached hydrogens (tertiary/aromatic N) is 1. The normalized spacial score (nSPS) is 9.94. The first kappa shape index (κ1) is 11.1. The van der Waals surface area contributed by atoms with E-state index in [4.69, 9.17) is 0 Å². The molecule has 86 valence electrons. The maximum Gasteiger partial charge on any atom is 0.257 e. The van der Waals surface area contributed by atoms with Crippen LogP contribution in [0.25, 0.3) is 0 Å². The summed E-state index contributed by atoms with van der Waals surface area (Å²) in [5.74, 6) is 0.105. The van der Waals surface area contributed by atoms with E-state index < -0.39 is 0 Å². The molecular weight excluding hydrogens is 218 g/mol. The summed E-state index contributed by atoms with van der Waals surface area (Å²) < 4.78 is 0. The Morgan fingerprint density at radius 1 is 1.35 bits per heavy atom. The van der Waals surface area contributed by atoms with E-state index in [0.29, 0.717) is 11.4 Å². The van der Waals surface area contributed by atoms with Gasteiger partial charge in [0.05, 0.1) is 0 Å². The summed E-state index contributed by atoms with van der Waals surface area (Å²) in [7, 11) is 0. The number of carbonyl (C=O) groups excluding carboxylic acids is 1. The maximum atomic E-state index is 11.7. The topological polar surface area (TPSA) is 74.8 Å². The summed E-state index contributed by atoms with van der Waals surface area (Å²) in [6.45, 7) is 1.91. The van der Waals surface area contributed by atoms with Gasteiger partial charge >= 0.3 is 0 Å². The van der Waals surface area contributed by atoms with Crippen LogP contribution in [0.4, 0.5) is 5.82 Å². The number of carbonyl (C=O) groups is 1. The Hall–Kier alpha value is -2.43. The van der Waals surface area contributed by atoms with E-state index in [0.717, 1.165) is 5.56 Å². The fraction of sp³-hybridized carbons (Fsp3) is 0.0833. The molecule has 5 nitrogen and oxygen atoms in total. The van der Waals surface area contributed by atoms with E-state index in [1.807, 2.05) is 13.0 Å². The van der Waals surface area contributed by atoms with Gasteiger partial charge in [-0.3, -0.25) is 9.59 Å². The van der Waals surface area contributed by atoms with E-state index in [2.05, 4.69) is 15.3 Å². The molecule has 0 unspecified atom stereocenters. The summed E-state index contributed by atoms with van der Waals surface area (Å²) in [5.41, 5.74) is 1.00. The molecule has 2 aromatic rings. The van der Waals surface area contributed by atoms with Gasteiger partial charge in [-0.1, -0.05) is 6.07 Å². The molecule has 17 heavy (non-hydrogen) atoms. The number of aromatic nitrogens is 2. The largest absolute Gasteiger partial charge is 0.329 e. The van der Waals surface area contributed by atoms with E-state index >= 15 is 0 Å². The molecule has 0 aromatic carbocycles. The van der Waals surface area contributed by atoms with Crippen LogP contribution in [0.3, 0.4) is 0 Å². The summed E-state index contributed by atoms with van der Waals surface area (Å²) in [6.07, 6.45) is 3.09. The van der Waals surface area contributed by atoms with E-state index in [1.165, 1.54) is 18.3 Å². The highest BCUT2D eigenvalue weighted by Crippen LogP contribution is 2.05. The fourth-order valence-electron chi connectivity index (χ4n) is 1.32. The van der Waals surface area contributed by atoms with Gasteiger partial charge in [0.1, 0.15) is 5.82 Å². The van der Waals surface area contributed by atoms with Crippen LogP contribution in [-0.2, 0) is 0 Å². The molecule has 0 spiro atoms. The lowest BCUT2D eigenvalue weighted by Gasteiger charge is -2.03. The Morgan fingerprint density at radius 3 is 2.82 bits per heavy atom. The first-order chi connectivity index (χ1) is 8.15. The number of H-pyrrole nitrogens is 1. The predicted molar refractivity (Wildman–Crippen MR) is 64.0 cm³/mol. The van der Waals surface area contributed by atoms with Crippen molar-refractivity contribution in [3.05, 3.63) is 58.1 Å². The Kier molecular flexibility index (Phi) is 3.00. The van der Waals surface area contributed by atoms with Gasteiger partial charge < -0.3 is 10.3 Å². The minimum atomic E-state index is -0.354. The van der Waals surface area contributed by atoms with Crippen molar-refractivity contribution in [2.24, 2.45) is 0 Å². The van der Waals surface area contributed by atoms with Gasteiger partial charge in [-0.15, -0.1) is 0 Å². The summed E-state index contributed by atoms with van der Waals surface area (Å²) in [6, 6.07) is 6.33. The first-order valence-electron chi connectivity index (χ1n) is 5.08. The van der Waals surface area contributed by atoms with Crippen molar-refractivity contribution < 1.29 is 4.79 Å². The van der Waals surface area contributed by atoms with Crippen molar-refractivity contribution in [1.82, 2.24) is 9.97 Å². The molecule has 1 amide bonds. The smallest absolute Gasteiger partial charge is 0.257 e. The fourth-order valence-corrected chi connectivity index (χ4v) is 1.32. The van der Waals surface area contributed by atoms with Gasteiger partial charge in [-0.05, 0) is 24.6 Å². The van der Waals surface area contributed by atoms with Crippen LogP contribution in [0, 0.1) is 6.92 Å². The zero-order valence-electron chi connectivity index (χ0n) is 9.23. The average molecular weight is 229 g/mol. The Morgan fingerprint density at radius 2 is 2.18 bits per heavy atom. The van der Waals surface area contributed by atoms with Crippen molar-refractivity contribution in [3.8, 4) is 0 Å². The molecule has 5 heteroatoms.